The van der Waals surface area contributed by atoms with E-state index in [9.17, 15) is 4.79 Å². The molecule has 0 radical (unpaired) electrons. The highest BCUT2D eigenvalue weighted by Gasteiger charge is 2.52. The zero-order valence-electron chi connectivity index (χ0n) is 11.1. The minimum Gasteiger partial charge on any atom is -0.392 e. The second-order valence-electron chi connectivity index (χ2n) is 5.77. The van der Waals surface area contributed by atoms with Crippen molar-refractivity contribution < 1.29 is 4.79 Å². The summed E-state index contributed by atoms with van der Waals surface area (Å²) in [7, 11) is 0. The van der Waals surface area contributed by atoms with Crippen LogP contribution in [-0.4, -0.2) is 42.0 Å². The number of rotatable bonds is 6. The van der Waals surface area contributed by atoms with E-state index >= 15 is 0 Å². The van der Waals surface area contributed by atoms with Crippen molar-refractivity contribution >= 4 is 23.1 Å². The summed E-state index contributed by atoms with van der Waals surface area (Å²) in [6.07, 6.45) is 4.25. The third-order valence-electron chi connectivity index (χ3n) is 4.04. The van der Waals surface area contributed by atoms with Crippen molar-refractivity contribution in [1.29, 1.82) is 0 Å². The van der Waals surface area contributed by atoms with Crippen LogP contribution in [0.4, 0.5) is 0 Å². The summed E-state index contributed by atoms with van der Waals surface area (Å²) in [5.74, 6) is 0.512. The Morgan fingerprint density at radius 1 is 1.44 bits per heavy atom. The van der Waals surface area contributed by atoms with E-state index in [0.717, 1.165) is 25.9 Å². The number of nitrogens with zero attached hydrogens (tertiary/aromatic N) is 1. The Morgan fingerprint density at radius 2 is 2.06 bits per heavy atom. The largest absolute Gasteiger partial charge is 0.392 e. The van der Waals surface area contributed by atoms with Crippen molar-refractivity contribution in [2.45, 2.75) is 32.6 Å². The number of hydrogen-bond acceptors (Lipinski definition) is 3. The summed E-state index contributed by atoms with van der Waals surface area (Å²) >= 11 is 4.97. The number of nitrogens with two attached hydrogens (primary N) is 1. The Morgan fingerprint density at radius 3 is 2.56 bits per heavy atom. The molecule has 3 N–H and O–H groups in total. The fourth-order valence-electron chi connectivity index (χ4n) is 2.62. The molecule has 0 aromatic rings. The van der Waals surface area contributed by atoms with E-state index in [1.54, 1.807) is 0 Å². The molecule has 1 unspecified atom stereocenters. The fourth-order valence-corrected chi connectivity index (χ4v) is 2.91. The topological polar surface area (TPSA) is 58.4 Å². The van der Waals surface area contributed by atoms with Gasteiger partial charge in [0.05, 0.1) is 10.4 Å². The van der Waals surface area contributed by atoms with Gasteiger partial charge in [0.25, 0.3) is 0 Å². The highest BCUT2D eigenvalue weighted by atomic mass is 32.1. The Balaban J connectivity index is 1.71. The molecule has 0 aromatic heterocycles. The average molecular weight is 269 g/mol. The first-order valence-corrected chi connectivity index (χ1v) is 7.26. The molecule has 4 nitrogen and oxygen atoms in total. The third-order valence-corrected chi connectivity index (χ3v) is 4.43. The van der Waals surface area contributed by atoms with Gasteiger partial charge >= 0.3 is 0 Å². The van der Waals surface area contributed by atoms with Crippen LogP contribution in [0.2, 0.25) is 0 Å². The summed E-state index contributed by atoms with van der Waals surface area (Å²) in [6.45, 7) is 6.38. The van der Waals surface area contributed by atoms with Gasteiger partial charge < -0.3 is 16.0 Å². The molecule has 0 bridgehead atoms. The van der Waals surface area contributed by atoms with Crippen molar-refractivity contribution in [1.82, 2.24) is 10.2 Å². The first-order valence-electron chi connectivity index (χ1n) is 6.85. The summed E-state index contributed by atoms with van der Waals surface area (Å²) in [4.78, 5) is 14.8. The molecular formula is C13H23N3OS. The Hall–Kier alpha value is -0.680. The summed E-state index contributed by atoms with van der Waals surface area (Å²) in [5, 5.41) is 3.01. The lowest BCUT2D eigenvalue weighted by Gasteiger charge is -2.21. The van der Waals surface area contributed by atoms with Crippen LogP contribution >= 0.6 is 12.2 Å². The first kappa shape index (κ1) is 13.7. The molecule has 2 aliphatic rings. The monoisotopic (exact) mass is 269 g/mol. The molecule has 18 heavy (non-hydrogen) atoms. The lowest BCUT2D eigenvalue weighted by Crippen LogP contribution is -2.42. The van der Waals surface area contributed by atoms with Crippen LogP contribution in [0.25, 0.3) is 0 Å². The lowest BCUT2D eigenvalue weighted by molar-refractivity contribution is -0.124. The predicted molar refractivity (Wildman–Crippen MR) is 76.3 cm³/mol. The van der Waals surface area contributed by atoms with Crippen molar-refractivity contribution in [2.24, 2.45) is 17.1 Å². The molecule has 1 saturated heterocycles. The van der Waals surface area contributed by atoms with Gasteiger partial charge in [-0.2, -0.15) is 0 Å². The normalized spacial score (nSPS) is 23.6. The van der Waals surface area contributed by atoms with Gasteiger partial charge in [0.2, 0.25) is 5.91 Å². The number of likely N-dealkylation sites (tertiary alicyclic amines) is 1. The van der Waals surface area contributed by atoms with Gasteiger partial charge in [-0.25, -0.2) is 0 Å². The molecule has 102 valence electrons. The van der Waals surface area contributed by atoms with Gasteiger partial charge in [0.15, 0.2) is 0 Å². The molecular weight excluding hydrogens is 246 g/mol. The standard InChI is InChI=1S/C13H23N3OS/c1-10(9-16-6-2-3-7-16)8-15-12(17)13(4-5-13)11(14)18/h10H,2-9H2,1H3,(H2,14,18)(H,15,17). The van der Waals surface area contributed by atoms with Crippen LogP contribution in [0.1, 0.15) is 32.6 Å². The summed E-state index contributed by atoms with van der Waals surface area (Å²) in [6, 6.07) is 0. The molecule has 1 aliphatic heterocycles. The van der Waals surface area contributed by atoms with Crippen LogP contribution in [0.5, 0.6) is 0 Å². The van der Waals surface area contributed by atoms with Crippen LogP contribution in [-0.2, 0) is 4.79 Å². The van der Waals surface area contributed by atoms with E-state index in [1.807, 2.05) is 0 Å². The molecule has 1 aliphatic carbocycles. The fraction of sp³-hybridized carbons (Fsp3) is 0.846. The molecule has 2 rings (SSSR count). The SMILES string of the molecule is CC(CNC(=O)C1(C(N)=S)CC1)CN1CCCC1. The van der Waals surface area contributed by atoms with E-state index < -0.39 is 5.41 Å². The van der Waals surface area contributed by atoms with Crippen molar-refractivity contribution in [3.8, 4) is 0 Å². The molecule has 1 saturated carbocycles. The number of nitrogens with one attached hydrogen (secondary N) is 1. The maximum atomic E-state index is 12.0. The molecule has 1 heterocycles. The zero-order chi connectivity index (χ0) is 13.2. The van der Waals surface area contributed by atoms with Crippen LogP contribution in [0.3, 0.4) is 0 Å². The quantitative estimate of drug-likeness (QED) is 0.704. The summed E-state index contributed by atoms with van der Waals surface area (Å²) in [5.41, 5.74) is 5.12. The van der Waals surface area contributed by atoms with Crippen molar-refractivity contribution in [2.75, 3.05) is 26.2 Å². The van der Waals surface area contributed by atoms with Crippen LogP contribution < -0.4 is 11.1 Å². The highest BCUT2D eigenvalue weighted by Crippen LogP contribution is 2.46. The molecule has 0 spiro atoms. The van der Waals surface area contributed by atoms with E-state index in [-0.39, 0.29) is 5.91 Å². The Bertz CT molecular complexity index is 335. The van der Waals surface area contributed by atoms with Gasteiger partial charge in [-0.3, -0.25) is 4.79 Å². The molecule has 0 aromatic carbocycles. The Labute approximate surface area is 114 Å². The second kappa shape index (κ2) is 5.53. The number of carbonyl (C=O) groups excluding carboxylic acids is 1. The molecule has 5 heteroatoms. The van der Waals surface area contributed by atoms with Crippen molar-refractivity contribution in [3.63, 3.8) is 0 Å². The summed E-state index contributed by atoms with van der Waals surface area (Å²) < 4.78 is 0. The van der Waals surface area contributed by atoms with E-state index in [2.05, 4.69) is 17.1 Å². The number of amides is 1. The molecule has 1 atom stereocenters. The average Bonchev–Trinajstić information content (AvgIpc) is 3.00. The third kappa shape index (κ3) is 3.01. The molecule has 2 fully saturated rings. The van der Waals surface area contributed by atoms with Crippen LogP contribution in [0.15, 0.2) is 0 Å². The number of carbonyl (C=O) groups is 1. The lowest BCUT2D eigenvalue weighted by atomic mass is 10.1. The number of thiocarbonyl (C=S) groups is 1. The highest BCUT2D eigenvalue weighted by molar-refractivity contribution is 7.80. The zero-order valence-corrected chi connectivity index (χ0v) is 11.9. The minimum absolute atomic E-state index is 0.0308. The smallest absolute Gasteiger partial charge is 0.233 e. The van der Waals surface area contributed by atoms with E-state index in [1.165, 1.54) is 25.9 Å². The maximum absolute atomic E-state index is 12.0. The second-order valence-corrected chi connectivity index (χ2v) is 6.21. The first-order chi connectivity index (χ1) is 8.54. The van der Waals surface area contributed by atoms with Crippen molar-refractivity contribution in [3.05, 3.63) is 0 Å². The Kier molecular flexibility index (Phi) is 4.22. The minimum atomic E-state index is -0.511. The number of hydrogen-bond donors (Lipinski definition) is 2. The molecule has 1 amide bonds. The van der Waals surface area contributed by atoms with Gasteiger partial charge in [-0.1, -0.05) is 19.1 Å². The van der Waals surface area contributed by atoms with E-state index in [4.69, 9.17) is 18.0 Å². The van der Waals surface area contributed by atoms with Gasteiger partial charge in [-0.15, -0.1) is 0 Å². The van der Waals surface area contributed by atoms with Gasteiger partial charge in [0, 0.05) is 13.1 Å². The predicted octanol–water partition coefficient (Wildman–Crippen LogP) is 0.901. The van der Waals surface area contributed by atoms with Gasteiger partial charge in [0.1, 0.15) is 0 Å². The van der Waals surface area contributed by atoms with E-state index in [0.29, 0.717) is 10.9 Å². The van der Waals surface area contributed by atoms with Gasteiger partial charge in [-0.05, 0) is 44.7 Å². The van der Waals surface area contributed by atoms with Crippen LogP contribution in [0, 0.1) is 11.3 Å². The maximum Gasteiger partial charge on any atom is 0.233 e.